The Morgan fingerprint density at radius 1 is 1.53 bits per heavy atom. The van der Waals surface area contributed by atoms with E-state index in [0.717, 1.165) is 4.88 Å². The summed E-state index contributed by atoms with van der Waals surface area (Å²) in [5.74, 6) is -0.0120. The Kier molecular flexibility index (Phi) is 3.50. The molecule has 0 spiro atoms. The summed E-state index contributed by atoms with van der Waals surface area (Å²) in [6, 6.07) is 2.82. The minimum atomic E-state index is -0.540. The van der Waals surface area contributed by atoms with E-state index >= 15 is 0 Å². The quantitative estimate of drug-likeness (QED) is 0.631. The highest BCUT2D eigenvalue weighted by molar-refractivity contribution is 7.15. The molecule has 2 rings (SSSR count). The van der Waals surface area contributed by atoms with E-state index in [1.54, 1.807) is 6.20 Å². The number of pyridine rings is 1. The summed E-state index contributed by atoms with van der Waals surface area (Å²) < 4.78 is 5.66. The lowest BCUT2D eigenvalue weighted by atomic mass is 10.4. The van der Waals surface area contributed by atoms with Gasteiger partial charge in [0.2, 0.25) is 0 Å². The zero-order valence-electron chi connectivity index (χ0n) is 8.37. The number of nitrogens with zero attached hydrogens (tertiary/aromatic N) is 3. The number of aromatic nitrogens is 2. The highest BCUT2D eigenvalue weighted by Gasteiger charge is 2.15. The predicted octanol–water partition coefficient (Wildman–Crippen LogP) is 2.68. The van der Waals surface area contributed by atoms with Crippen molar-refractivity contribution in [3.05, 3.63) is 44.0 Å². The number of rotatable bonds is 4. The van der Waals surface area contributed by atoms with Crippen LogP contribution in [0.5, 0.6) is 5.88 Å². The van der Waals surface area contributed by atoms with E-state index in [1.165, 1.54) is 29.7 Å². The Bertz CT molecular complexity index is 546. The second-order valence-electron chi connectivity index (χ2n) is 2.95. The smallest absolute Gasteiger partial charge is 0.330 e. The van der Waals surface area contributed by atoms with Crippen LogP contribution in [0.2, 0.25) is 4.47 Å². The average molecular weight is 272 g/mol. The van der Waals surface area contributed by atoms with E-state index in [2.05, 4.69) is 9.97 Å². The summed E-state index contributed by atoms with van der Waals surface area (Å²) in [6.45, 7) is 0.155. The lowest BCUT2D eigenvalue weighted by molar-refractivity contribution is -0.386. The van der Waals surface area contributed by atoms with Crippen molar-refractivity contribution in [3.63, 3.8) is 0 Å². The van der Waals surface area contributed by atoms with Crippen molar-refractivity contribution < 1.29 is 9.66 Å². The van der Waals surface area contributed by atoms with Gasteiger partial charge in [0.25, 0.3) is 5.88 Å². The molecule has 0 radical (unpaired) electrons. The van der Waals surface area contributed by atoms with Crippen molar-refractivity contribution >= 4 is 28.6 Å². The second-order valence-corrected chi connectivity index (χ2v) is 4.65. The SMILES string of the molecule is O=[N+]([O-])c1cccnc1OCc1cnc(Cl)s1. The Morgan fingerprint density at radius 2 is 2.35 bits per heavy atom. The third kappa shape index (κ3) is 2.89. The molecule has 8 heteroatoms. The molecule has 0 aliphatic rings. The van der Waals surface area contributed by atoms with Gasteiger partial charge in [-0.05, 0) is 6.07 Å². The third-order valence-electron chi connectivity index (χ3n) is 1.82. The molecule has 6 nitrogen and oxygen atoms in total. The van der Waals surface area contributed by atoms with Crippen LogP contribution < -0.4 is 4.74 Å². The maximum atomic E-state index is 10.7. The predicted molar refractivity (Wildman–Crippen MR) is 62.3 cm³/mol. The van der Waals surface area contributed by atoms with Crippen LogP contribution in [0.25, 0.3) is 0 Å². The molecule has 17 heavy (non-hydrogen) atoms. The van der Waals surface area contributed by atoms with E-state index in [-0.39, 0.29) is 18.2 Å². The fourth-order valence-corrected chi connectivity index (χ4v) is 2.01. The Hall–Kier alpha value is -1.73. The lowest BCUT2D eigenvalue weighted by Gasteiger charge is -2.02. The van der Waals surface area contributed by atoms with Gasteiger partial charge < -0.3 is 4.74 Å². The van der Waals surface area contributed by atoms with Crippen LogP contribution in [-0.2, 0) is 6.61 Å². The Labute approximate surface area is 105 Å². The number of thiazole rings is 1. The van der Waals surface area contributed by atoms with Crippen LogP contribution in [0.3, 0.4) is 0 Å². The molecule has 0 bridgehead atoms. The van der Waals surface area contributed by atoms with Crippen molar-refractivity contribution in [1.82, 2.24) is 9.97 Å². The molecule has 0 aromatic carbocycles. The summed E-state index contributed by atoms with van der Waals surface area (Å²) in [4.78, 5) is 18.6. The summed E-state index contributed by atoms with van der Waals surface area (Å²) in [5, 5.41) is 10.7. The summed E-state index contributed by atoms with van der Waals surface area (Å²) >= 11 is 6.90. The van der Waals surface area contributed by atoms with Gasteiger partial charge >= 0.3 is 5.69 Å². The van der Waals surface area contributed by atoms with Gasteiger partial charge in [-0.15, -0.1) is 11.3 Å². The lowest BCUT2D eigenvalue weighted by Crippen LogP contribution is -1.99. The maximum absolute atomic E-state index is 10.7. The van der Waals surface area contributed by atoms with Gasteiger partial charge in [-0.25, -0.2) is 9.97 Å². The third-order valence-corrected chi connectivity index (χ3v) is 2.91. The van der Waals surface area contributed by atoms with Crippen LogP contribution in [0, 0.1) is 10.1 Å². The van der Waals surface area contributed by atoms with Crippen molar-refractivity contribution in [1.29, 1.82) is 0 Å². The number of hydrogen-bond acceptors (Lipinski definition) is 6. The first-order chi connectivity index (χ1) is 8.16. The summed E-state index contributed by atoms with van der Waals surface area (Å²) in [6.07, 6.45) is 2.99. The Morgan fingerprint density at radius 3 is 3.00 bits per heavy atom. The molecule has 0 amide bonds. The van der Waals surface area contributed by atoms with E-state index < -0.39 is 4.92 Å². The van der Waals surface area contributed by atoms with Crippen LogP contribution in [0.1, 0.15) is 4.88 Å². The molecule has 0 aliphatic carbocycles. The zero-order valence-corrected chi connectivity index (χ0v) is 9.94. The molecule has 0 fully saturated rings. The molecule has 88 valence electrons. The standard InChI is InChI=1S/C9H6ClN3O3S/c10-9-12-4-6(17-9)5-16-8-7(13(14)15)2-1-3-11-8/h1-4H,5H2. The molecule has 0 saturated carbocycles. The van der Waals surface area contributed by atoms with Crippen molar-refractivity contribution in [2.75, 3.05) is 0 Å². The fourth-order valence-electron chi connectivity index (χ4n) is 1.12. The molecule has 2 aromatic heterocycles. The van der Waals surface area contributed by atoms with Crippen LogP contribution >= 0.6 is 22.9 Å². The fraction of sp³-hybridized carbons (Fsp3) is 0.111. The van der Waals surface area contributed by atoms with Gasteiger partial charge in [-0.2, -0.15) is 0 Å². The van der Waals surface area contributed by atoms with Crippen LogP contribution in [0.15, 0.2) is 24.5 Å². The van der Waals surface area contributed by atoms with E-state index in [1.807, 2.05) is 0 Å². The molecular weight excluding hydrogens is 266 g/mol. The van der Waals surface area contributed by atoms with Crippen molar-refractivity contribution in [2.24, 2.45) is 0 Å². The average Bonchev–Trinajstić information content (AvgIpc) is 2.73. The van der Waals surface area contributed by atoms with Gasteiger partial charge in [0.1, 0.15) is 6.61 Å². The van der Waals surface area contributed by atoms with Crippen LogP contribution in [0.4, 0.5) is 5.69 Å². The molecule has 2 heterocycles. The Balaban J connectivity index is 2.11. The topological polar surface area (TPSA) is 78.2 Å². The van der Waals surface area contributed by atoms with E-state index in [9.17, 15) is 10.1 Å². The second kappa shape index (κ2) is 5.07. The largest absolute Gasteiger partial charge is 0.467 e. The highest BCUT2D eigenvalue weighted by atomic mass is 35.5. The molecular formula is C9H6ClN3O3S. The number of ether oxygens (including phenoxy) is 1. The first-order valence-electron chi connectivity index (χ1n) is 4.49. The van der Waals surface area contributed by atoms with E-state index in [4.69, 9.17) is 16.3 Å². The monoisotopic (exact) mass is 271 g/mol. The molecule has 0 N–H and O–H groups in total. The van der Waals surface area contributed by atoms with E-state index in [0.29, 0.717) is 4.47 Å². The van der Waals surface area contributed by atoms with Crippen molar-refractivity contribution in [3.8, 4) is 5.88 Å². The summed E-state index contributed by atoms with van der Waals surface area (Å²) in [7, 11) is 0. The highest BCUT2D eigenvalue weighted by Crippen LogP contribution is 2.25. The number of hydrogen-bond donors (Lipinski definition) is 0. The van der Waals surface area contributed by atoms with Gasteiger partial charge in [0.15, 0.2) is 4.47 Å². The molecule has 0 atom stereocenters. The first kappa shape index (κ1) is 11.7. The van der Waals surface area contributed by atoms with Crippen molar-refractivity contribution in [2.45, 2.75) is 6.61 Å². The molecule has 0 saturated heterocycles. The molecule has 0 unspecified atom stereocenters. The maximum Gasteiger partial charge on any atom is 0.330 e. The minimum Gasteiger partial charge on any atom is -0.467 e. The number of halogens is 1. The zero-order chi connectivity index (χ0) is 12.3. The first-order valence-corrected chi connectivity index (χ1v) is 5.68. The van der Waals surface area contributed by atoms with Gasteiger partial charge in [-0.1, -0.05) is 11.6 Å². The van der Waals surface area contributed by atoms with Gasteiger partial charge in [-0.3, -0.25) is 10.1 Å². The van der Waals surface area contributed by atoms with Gasteiger partial charge in [0.05, 0.1) is 9.80 Å². The molecule has 2 aromatic rings. The molecule has 0 aliphatic heterocycles. The van der Waals surface area contributed by atoms with Gasteiger partial charge in [0, 0.05) is 18.5 Å². The summed E-state index contributed by atoms with van der Waals surface area (Å²) in [5.41, 5.74) is -0.164. The minimum absolute atomic E-state index is 0.0120. The van der Waals surface area contributed by atoms with Crippen LogP contribution in [-0.4, -0.2) is 14.9 Å². The normalized spacial score (nSPS) is 10.2. The number of nitro groups is 1.